The van der Waals surface area contributed by atoms with Gasteiger partial charge < -0.3 is 9.47 Å². The van der Waals surface area contributed by atoms with Gasteiger partial charge in [-0.15, -0.1) is 0 Å². The highest BCUT2D eigenvalue weighted by molar-refractivity contribution is 6.07. The fourth-order valence-corrected chi connectivity index (χ4v) is 3.13. The summed E-state index contributed by atoms with van der Waals surface area (Å²) in [6.45, 7) is 5.71. The SMILES string of the molecule is CC(C)(C)OC(=O)C12C(=O)OCC1[C@@H]2c1ccccc1. The molecule has 1 aromatic rings. The number of hydrogen-bond donors (Lipinski definition) is 0. The molecule has 2 fully saturated rings. The average molecular weight is 274 g/mol. The maximum Gasteiger partial charge on any atom is 0.325 e. The lowest BCUT2D eigenvalue weighted by Crippen LogP contribution is -2.35. The highest BCUT2D eigenvalue weighted by Gasteiger charge is 2.80. The lowest BCUT2D eigenvalue weighted by atomic mass is 9.99. The predicted molar refractivity (Wildman–Crippen MR) is 71.9 cm³/mol. The third kappa shape index (κ3) is 1.74. The molecule has 4 heteroatoms. The van der Waals surface area contributed by atoms with Crippen molar-refractivity contribution < 1.29 is 19.1 Å². The van der Waals surface area contributed by atoms with Crippen molar-refractivity contribution in [2.75, 3.05) is 6.61 Å². The number of benzene rings is 1. The molecule has 3 atom stereocenters. The zero-order valence-electron chi connectivity index (χ0n) is 11.9. The summed E-state index contributed by atoms with van der Waals surface area (Å²) in [6.07, 6.45) is 0. The van der Waals surface area contributed by atoms with Gasteiger partial charge in [0.25, 0.3) is 0 Å². The van der Waals surface area contributed by atoms with Gasteiger partial charge in [0.2, 0.25) is 0 Å². The molecule has 1 aliphatic carbocycles. The molecule has 1 aromatic carbocycles. The first-order valence-electron chi connectivity index (χ1n) is 6.83. The Morgan fingerprint density at radius 3 is 2.55 bits per heavy atom. The summed E-state index contributed by atoms with van der Waals surface area (Å²) in [7, 11) is 0. The maximum atomic E-state index is 12.5. The number of cyclic esters (lactones) is 1. The molecule has 3 rings (SSSR count). The van der Waals surface area contributed by atoms with Crippen molar-refractivity contribution in [2.24, 2.45) is 11.3 Å². The molecule has 0 N–H and O–H groups in total. The van der Waals surface area contributed by atoms with Crippen LogP contribution in [0.15, 0.2) is 30.3 Å². The van der Waals surface area contributed by atoms with Crippen LogP contribution in [0.2, 0.25) is 0 Å². The Morgan fingerprint density at radius 1 is 1.30 bits per heavy atom. The van der Waals surface area contributed by atoms with Gasteiger partial charge in [-0.25, -0.2) is 0 Å². The van der Waals surface area contributed by atoms with Gasteiger partial charge in [0.15, 0.2) is 5.41 Å². The van der Waals surface area contributed by atoms with Crippen LogP contribution >= 0.6 is 0 Å². The maximum absolute atomic E-state index is 12.5. The summed E-state index contributed by atoms with van der Waals surface area (Å²) >= 11 is 0. The minimum atomic E-state index is -1.12. The standard InChI is InChI=1S/C16H18O4/c1-15(2,3)20-14(18)16-11(9-19-13(16)17)12(16)10-7-5-4-6-8-10/h4-8,11-12H,9H2,1-3H3/t11?,12-,16?/m0/s1. The van der Waals surface area contributed by atoms with E-state index in [1.165, 1.54) is 0 Å². The van der Waals surface area contributed by atoms with Crippen molar-refractivity contribution >= 4 is 11.9 Å². The molecular formula is C16H18O4. The Morgan fingerprint density at radius 2 is 1.95 bits per heavy atom. The molecule has 0 aromatic heterocycles. The largest absolute Gasteiger partial charge is 0.464 e. The number of fused-ring (bicyclic) bond motifs is 1. The summed E-state index contributed by atoms with van der Waals surface area (Å²) in [5, 5.41) is 0. The molecule has 20 heavy (non-hydrogen) atoms. The zero-order chi connectivity index (χ0) is 14.5. The van der Waals surface area contributed by atoms with E-state index in [2.05, 4.69) is 0 Å². The van der Waals surface area contributed by atoms with Crippen LogP contribution in [0, 0.1) is 11.3 Å². The van der Waals surface area contributed by atoms with E-state index in [0.717, 1.165) is 5.56 Å². The van der Waals surface area contributed by atoms with Crippen LogP contribution in [0.1, 0.15) is 32.3 Å². The van der Waals surface area contributed by atoms with E-state index >= 15 is 0 Å². The molecule has 2 aliphatic rings. The van der Waals surface area contributed by atoms with Crippen LogP contribution in [-0.2, 0) is 19.1 Å². The molecule has 1 heterocycles. The van der Waals surface area contributed by atoms with Crippen molar-refractivity contribution in [2.45, 2.75) is 32.3 Å². The third-order valence-corrected chi connectivity index (χ3v) is 4.00. The second kappa shape index (κ2) is 4.08. The van der Waals surface area contributed by atoms with Crippen LogP contribution in [0.25, 0.3) is 0 Å². The van der Waals surface area contributed by atoms with Crippen molar-refractivity contribution in [3.05, 3.63) is 35.9 Å². The molecule has 4 nitrogen and oxygen atoms in total. The molecule has 1 aliphatic heterocycles. The summed E-state index contributed by atoms with van der Waals surface area (Å²) < 4.78 is 10.5. The summed E-state index contributed by atoms with van der Waals surface area (Å²) in [5.41, 5.74) is -0.724. The lowest BCUT2D eigenvalue weighted by Gasteiger charge is -2.22. The minimum absolute atomic E-state index is 0.0905. The highest BCUT2D eigenvalue weighted by atomic mass is 16.6. The summed E-state index contributed by atoms with van der Waals surface area (Å²) in [6, 6.07) is 9.64. The lowest BCUT2D eigenvalue weighted by molar-refractivity contribution is -0.168. The van der Waals surface area contributed by atoms with E-state index in [1.807, 2.05) is 30.3 Å². The van der Waals surface area contributed by atoms with E-state index in [-0.39, 0.29) is 11.8 Å². The van der Waals surface area contributed by atoms with Crippen molar-refractivity contribution in [3.8, 4) is 0 Å². The van der Waals surface area contributed by atoms with Gasteiger partial charge in [0, 0.05) is 11.8 Å². The first kappa shape index (κ1) is 13.2. The number of carbonyl (C=O) groups is 2. The molecule has 106 valence electrons. The molecular weight excluding hydrogens is 256 g/mol. The molecule has 0 radical (unpaired) electrons. The highest BCUT2D eigenvalue weighted by Crippen LogP contribution is 2.69. The zero-order valence-corrected chi connectivity index (χ0v) is 11.9. The molecule has 0 amide bonds. The normalized spacial score (nSPS) is 31.4. The van der Waals surface area contributed by atoms with Gasteiger partial charge in [-0.1, -0.05) is 30.3 Å². The Hall–Kier alpha value is -1.84. The Kier molecular flexibility index (Phi) is 2.68. The van der Waals surface area contributed by atoms with Gasteiger partial charge in [-0.2, -0.15) is 0 Å². The molecule has 0 bridgehead atoms. The molecule has 2 unspecified atom stereocenters. The second-order valence-corrected chi connectivity index (χ2v) is 6.46. The van der Waals surface area contributed by atoms with Crippen LogP contribution in [-0.4, -0.2) is 24.1 Å². The first-order chi connectivity index (χ1) is 9.37. The van der Waals surface area contributed by atoms with Gasteiger partial charge >= 0.3 is 11.9 Å². The van der Waals surface area contributed by atoms with E-state index in [1.54, 1.807) is 20.8 Å². The molecule has 0 spiro atoms. The Balaban J connectivity index is 1.93. The predicted octanol–water partition coefficient (Wildman–Crippen LogP) is 2.28. The van der Waals surface area contributed by atoms with Gasteiger partial charge in [-0.3, -0.25) is 9.59 Å². The van der Waals surface area contributed by atoms with E-state index in [4.69, 9.17) is 9.47 Å². The third-order valence-electron chi connectivity index (χ3n) is 4.00. The molecule has 1 saturated carbocycles. The number of hydrogen-bond acceptors (Lipinski definition) is 4. The van der Waals surface area contributed by atoms with Crippen molar-refractivity contribution in [1.29, 1.82) is 0 Å². The number of rotatable bonds is 2. The smallest absolute Gasteiger partial charge is 0.325 e. The fraction of sp³-hybridized carbons (Fsp3) is 0.500. The number of carbonyl (C=O) groups excluding carboxylic acids is 2. The first-order valence-corrected chi connectivity index (χ1v) is 6.83. The van der Waals surface area contributed by atoms with Crippen molar-refractivity contribution in [3.63, 3.8) is 0 Å². The van der Waals surface area contributed by atoms with Crippen LogP contribution in [0.4, 0.5) is 0 Å². The summed E-state index contributed by atoms with van der Waals surface area (Å²) in [4.78, 5) is 24.6. The number of esters is 2. The average Bonchev–Trinajstić information content (AvgIpc) is 2.94. The van der Waals surface area contributed by atoms with E-state index in [9.17, 15) is 9.59 Å². The Bertz CT molecular complexity index is 558. The quantitative estimate of drug-likeness (QED) is 0.613. The van der Waals surface area contributed by atoms with E-state index < -0.39 is 23.0 Å². The topological polar surface area (TPSA) is 52.6 Å². The van der Waals surface area contributed by atoms with Gasteiger partial charge in [0.05, 0.1) is 6.61 Å². The number of ether oxygens (including phenoxy) is 2. The van der Waals surface area contributed by atoms with Gasteiger partial charge in [-0.05, 0) is 26.3 Å². The molecule has 1 saturated heterocycles. The minimum Gasteiger partial charge on any atom is -0.464 e. The monoisotopic (exact) mass is 274 g/mol. The van der Waals surface area contributed by atoms with Crippen LogP contribution < -0.4 is 0 Å². The summed E-state index contributed by atoms with van der Waals surface area (Å²) in [5.74, 6) is -1.09. The van der Waals surface area contributed by atoms with Crippen LogP contribution in [0.3, 0.4) is 0 Å². The second-order valence-electron chi connectivity index (χ2n) is 6.46. The fourth-order valence-electron chi connectivity index (χ4n) is 3.13. The van der Waals surface area contributed by atoms with Crippen molar-refractivity contribution in [1.82, 2.24) is 0 Å². The van der Waals surface area contributed by atoms with E-state index in [0.29, 0.717) is 6.61 Å². The van der Waals surface area contributed by atoms with Gasteiger partial charge in [0.1, 0.15) is 5.60 Å². The Labute approximate surface area is 118 Å². The van der Waals surface area contributed by atoms with Crippen LogP contribution in [0.5, 0.6) is 0 Å².